The van der Waals surface area contributed by atoms with E-state index in [2.05, 4.69) is 0 Å². The second-order valence-corrected chi connectivity index (χ2v) is 10.5. The van der Waals surface area contributed by atoms with Gasteiger partial charge in [0.25, 0.3) is 0 Å². The Balaban J connectivity index is 0.00000312. The average molecular weight is 405 g/mol. The van der Waals surface area contributed by atoms with Gasteiger partial charge in [0.15, 0.2) is 0 Å². The molecule has 3 N–H and O–H groups in total. The number of carboxylic acid groups (broad SMARTS) is 1. The molecule has 146 valence electrons. The van der Waals surface area contributed by atoms with Crippen molar-refractivity contribution in [2.24, 2.45) is 0 Å². The number of carboxylic acids is 1. The Kier molecular flexibility index (Phi) is 7.82. The van der Waals surface area contributed by atoms with Crippen LogP contribution in [0, 0.1) is 0 Å². The maximum atomic E-state index is 12.8. The molecule has 2 aliphatic heterocycles. The summed E-state index contributed by atoms with van der Waals surface area (Å²) in [6.45, 7) is 1.77. The molecule has 0 aromatic carbocycles. The van der Waals surface area contributed by atoms with Crippen LogP contribution < -0.4 is 0 Å². The standard InChI is InChI=1S/C13H21F3N3O3PS.H2O/c14-13(15,16)12(22)17(9-11(20)21)10-23(24,18-5-1-2-6-18)19-7-3-4-8-19;/h1-10H2,(H,20,21);1H2. The molecule has 2 heterocycles. The third-order valence-corrected chi connectivity index (χ3v) is 9.27. The minimum Gasteiger partial charge on any atom is -0.480 e. The summed E-state index contributed by atoms with van der Waals surface area (Å²) < 4.78 is 42.6. The van der Waals surface area contributed by atoms with Crippen LogP contribution >= 0.6 is 6.34 Å². The molecule has 0 aromatic rings. The Hall–Kier alpha value is -0.740. The van der Waals surface area contributed by atoms with Crippen molar-refractivity contribution in [1.29, 1.82) is 0 Å². The number of halogens is 3. The van der Waals surface area contributed by atoms with Crippen molar-refractivity contribution in [3.63, 3.8) is 0 Å². The molecule has 0 aliphatic carbocycles. The minimum absolute atomic E-state index is 0. The van der Waals surface area contributed by atoms with Crippen LogP contribution in [0.3, 0.4) is 0 Å². The van der Waals surface area contributed by atoms with Gasteiger partial charge in [0.1, 0.15) is 6.54 Å². The summed E-state index contributed by atoms with van der Waals surface area (Å²) in [6.07, 6.45) is -4.39. The van der Waals surface area contributed by atoms with Crippen LogP contribution in [0.25, 0.3) is 0 Å². The van der Waals surface area contributed by atoms with Gasteiger partial charge in [-0.15, -0.1) is 0 Å². The lowest BCUT2D eigenvalue weighted by molar-refractivity contribution is -0.185. The number of nitrogens with zero attached hydrogens (tertiary/aromatic N) is 3. The van der Waals surface area contributed by atoms with Crippen LogP contribution in [-0.2, 0) is 21.4 Å². The maximum Gasteiger partial charge on any atom is 0.471 e. The zero-order valence-corrected chi connectivity index (χ0v) is 15.4. The number of hydrogen-bond acceptors (Lipinski definition) is 3. The first-order valence-corrected chi connectivity index (χ1v) is 10.7. The van der Waals surface area contributed by atoms with E-state index in [0.29, 0.717) is 31.1 Å². The number of carbonyl (C=O) groups is 2. The Labute approximate surface area is 149 Å². The largest absolute Gasteiger partial charge is 0.480 e. The zero-order chi connectivity index (χ0) is 18.0. The van der Waals surface area contributed by atoms with Crippen LogP contribution in [0.5, 0.6) is 0 Å². The number of rotatable bonds is 6. The Morgan fingerprint density at radius 3 is 1.76 bits per heavy atom. The van der Waals surface area contributed by atoms with Crippen LogP contribution in [-0.4, -0.2) is 81.9 Å². The first-order valence-electron chi connectivity index (χ1n) is 7.82. The van der Waals surface area contributed by atoms with Crippen molar-refractivity contribution in [3.8, 4) is 0 Å². The number of amides is 1. The van der Waals surface area contributed by atoms with Gasteiger partial charge >= 0.3 is 18.1 Å². The van der Waals surface area contributed by atoms with Gasteiger partial charge in [0.05, 0.1) is 12.6 Å². The first kappa shape index (κ1) is 22.3. The van der Waals surface area contributed by atoms with Gasteiger partial charge in [-0.3, -0.25) is 18.9 Å². The summed E-state index contributed by atoms with van der Waals surface area (Å²) >= 11 is 5.80. The Morgan fingerprint density at radius 2 is 1.44 bits per heavy atom. The lowest BCUT2D eigenvalue weighted by Gasteiger charge is -2.41. The fourth-order valence-electron chi connectivity index (χ4n) is 3.13. The van der Waals surface area contributed by atoms with E-state index in [1.54, 1.807) is 0 Å². The lowest BCUT2D eigenvalue weighted by Crippen LogP contribution is -2.46. The van der Waals surface area contributed by atoms with Gasteiger partial charge in [-0.25, -0.2) is 0 Å². The monoisotopic (exact) mass is 405 g/mol. The van der Waals surface area contributed by atoms with Crippen molar-refractivity contribution in [1.82, 2.24) is 14.2 Å². The van der Waals surface area contributed by atoms with Gasteiger partial charge in [-0.05, 0) is 25.7 Å². The third kappa shape index (κ3) is 5.37. The summed E-state index contributed by atoms with van der Waals surface area (Å²) in [5.41, 5.74) is 0. The molecule has 1 amide bonds. The summed E-state index contributed by atoms with van der Waals surface area (Å²) in [4.78, 5) is 23.0. The molecule has 0 atom stereocenters. The average Bonchev–Trinajstić information content (AvgIpc) is 3.17. The van der Waals surface area contributed by atoms with Crippen molar-refractivity contribution in [3.05, 3.63) is 0 Å². The molecule has 0 saturated carbocycles. The first-order chi connectivity index (χ1) is 11.1. The fourth-order valence-corrected chi connectivity index (χ4v) is 7.74. The predicted molar refractivity (Wildman–Crippen MR) is 89.8 cm³/mol. The van der Waals surface area contributed by atoms with Crippen molar-refractivity contribution in [2.75, 3.05) is 39.0 Å². The molecule has 12 heteroatoms. The normalized spacial score (nSPS) is 19.6. The van der Waals surface area contributed by atoms with Gasteiger partial charge in [-0.2, -0.15) is 13.2 Å². The number of aliphatic carboxylic acids is 1. The molecule has 2 fully saturated rings. The molecular formula is C13H23F3N3O4PS. The minimum atomic E-state index is -5.11. The van der Waals surface area contributed by atoms with E-state index in [1.165, 1.54) is 0 Å². The second kappa shape index (κ2) is 8.77. The molecule has 0 unspecified atom stereocenters. The predicted octanol–water partition coefficient (Wildman–Crippen LogP) is 1.10. The Bertz CT molecular complexity index is 517. The smallest absolute Gasteiger partial charge is 0.471 e. The molecule has 7 nitrogen and oxygen atoms in total. The fraction of sp³-hybridized carbons (Fsp3) is 0.846. The van der Waals surface area contributed by atoms with E-state index in [-0.39, 0.29) is 11.8 Å². The van der Waals surface area contributed by atoms with E-state index in [4.69, 9.17) is 16.9 Å². The molecule has 25 heavy (non-hydrogen) atoms. The molecule has 0 aromatic heterocycles. The van der Waals surface area contributed by atoms with Crippen LogP contribution in [0.4, 0.5) is 13.2 Å². The number of hydrogen-bond donors (Lipinski definition) is 1. The van der Waals surface area contributed by atoms with E-state index >= 15 is 0 Å². The van der Waals surface area contributed by atoms with E-state index in [1.807, 2.05) is 9.34 Å². The van der Waals surface area contributed by atoms with Gasteiger partial charge in [0.2, 0.25) is 0 Å². The molecule has 0 bridgehead atoms. The highest BCUT2D eigenvalue weighted by Gasteiger charge is 2.46. The summed E-state index contributed by atoms with van der Waals surface area (Å²) in [5, 5.41) is 8.92. The quantitative estimate of drug-likeness (QED) is 0.665. The molecule has 2 saturated heterocycles. The highest BCUT2D eigenvalue weighted by atomic mass is 32.4. The van der Waals surface area contributed by atoms with E-state index in [9.17, 15) is 22.8 Å². The molecule has 0 radical (unpaired) electrons. The van der Waals surface area contributed by atoms with Gasteiger partial charge in [-0.1, -0.05) is 11.8 Å². The van der Waals surface area contributed by atoms with Crippen molar-refractivity contribution < 1.29 is 33.3 Å². The van der Waals surface area contributed by atoms with E-state index in [0.717, 1.165) is 25.7 Å². The maximum absolute atomic E-state index is 12.8. The topological polar surface area (TPSA) is 95.6 Å². The number of carbonyl (C=O) groups excluding carboxylic acids is 1. The molecule has 2 aliphatic rings. The van der Waals surface area contributed by atoms with Gasteiger partial charge in [0, 0.05) is 26.2 Å². The van der Waals surface area contributed by atoms with E-state index < -0.39 is 30.9 Å². The SMILES string of the molecule is O.O=C(O)CN(CP(=S)(N1CCCC1)N1CCCC1)C(=O)C(F)(F)F. The Morgan fingerprint density at radius 1 is 1.04 bits per heavy atom. The molecule has 0 spiro atoms. The number of alkyl halides is 3. The van der Waals surface area contributed by atoms with Crippen molar-refractivity contribution in [2.45, 2.75) is 31.9 Å². The second-order valence-electron chi connectivity index (χ2n) is 6.02. The third-order valence-electron chi connectivity index (χ3n) is 4.26. The van der Waals surface area contributed by atoms with Gasteiger partial charge < -0.3 is 15.5 Å². The summed E-state index contributed by atoms with van der Waals surface area (Å²) in [6, 6.07) is 0. The molecular weight excluding hydrogens is 382 g/mol. The van der Waals surface area contributed by atoms with Crippen LogP contribution in [0.1, 0.15) is 25.7 Å². The van der Waals surface area contributed by atoms with Crippen molar-refractivity contribution >= 4 is 30.0 Å². The molecule has 2 rings (SSSR count). The highest BCUT2D eigenvalue weighted by molar-refractivity contribution is 8.12. The van der Waals surface area contributed by atoms with Crippen LogP contribution in [0.2, 0.25) is 0 Å². The summed E-state index contributed by atoms with van der Waals surface area (Å²) in [5.74, 6) is -3.60. The lowest BCUT2D eigenvalue weighted by atomic mass is 10.4. The highest BCUT2D eigenvalue weighted by Crippen LogP contribution is 2.56. The van der Waals surface area contributed by atoms with Crippen LogP contribution in [0.15, 0.2) is 0 Å². The zero-order valence-electron chi connectivity index (χ0n) is 13.7. The summed E-state index contributed by atoms with van der Waals surface area (Å²) in [7, 11) is 0.